The normalized spacial score (nSPS) is 18.8. The average molecular weight is 276 g/mol. The fraction of sp³-hybridized carbons (Fsp3) is 0.562. The number of nitrogens with one attached hydrogen (secondary N) is 1. The summed E-state index contributed by atoms with van der Waals surface area (Å²) >= 11 is 0. The van der Waals surface area contributed by atoms with E-state index in [2.05, 4.69) is 5.32 Å². The first-order chi connectivity index (χ1) is 9.63. The summed E-state index contributed by atoms with van der Waals surface area (Å²) in [6.07, 6.45) is 3.55. The molecule has 110 valence electrons. The molecule has 1 unspecified atom stereocenters. The lowest BCUT2D eigenvalue weighted by molar-refractivity contribution is 0.0738. The highest BCUT2D eigenvalue weighted by molar-refractivity contribution is 5.97. The third-order valence-corrected chi connectivity index (χ3v) is 3.99. The van der Waals surface area contributed by atoms with Gasteiger partial charge in [-0.05, 0) is 44.9 Å². The average Bonchev–Trinajstić information content (AvgIpc) is 2.48. The molecule has 1 atom stereocenters. The number of aromatic hydroxyl groups is 1. The quantitative estimate of drug-likeness (QED) is 0.887. The molecule has 1 aromatic carbocycles. The summed E-state index contributed by atoms with van der Waals surface area (Å²) in [4.78, 5) is 14.4. The summed E-state index contributed by atoms with van der Waals surface area (Å²) in [6.45, 7) is 6.19. The summed E-state index contributed by atoms with van der Waals surface area (Å²) in [5, 5.41) is 13.5. The molecule has 1 aliphatic heterocycles. The first-order valence-corrected chi connectivity index (χ1v) is 7.44. The van der Waals surface area contributed by atoms with Crippen molar-refractivity contribution < 1.29 is 9.90 Å². The molecule has 1 aliphatic rings. The Hall–Kier alpha value is -1.55. The van der Waals surface area contributed by atoms with Gasteiger partial charge < -0.3 is 15.3 Å². The highest BCUT2D eigenvalue weighted by Gasteiger charge is 2.22. The van der Waals surface area contributed by atoms with Crippen LogP contribution in [0, 0.1) is 6.92 Å². The van der Waals surface area contributed by atoms with Crippen molar-refractivity contribution in [1.82, 2.24) is 10.2 Å². The molecular weight excluding hydrogens is 252 g/mol. The molecular formula is C16H24N2O2. The van der Waals surface area contributed by atoms with Gasteiger partial charge in [-0.2, -0.15) is 0 Å². The number of phenolic OH excluding ortho intramolecular Hbond substituents is 1. The predicted molar refractivity (Wildman–Crippen MR) is 80.1 cm³/mol. The molecule has 1 fully saturated rings. The number of piperidine rings is 1. The molecule has 1 heterocycles. The van der Waals surface area contributed by atoms with Crippen molar-refractivity contribution in [3.63, 3.8) is 0 Å². The Morgan fingerprint density at radius 1 is 1.45 bits per heavy atom. The standard InChI is InChI=1S/C16H24N2O2/c1-3-18(11-13-8-4-5-10-17-13)16(20)14-9-6-7-12(2)15(14)19/h6-7,9,13,17,19H,3-5,8,10-11H2,1-2H3. The number of benzene rings is 1. The monoisotopic (exact) mass is 276 g/mol. The fourth-order valence-corrected chi connectivity index (χ4v) is 2.70. The molecule has 0 bridgehead atoms. The van der Waals surface area contributed by atoms with Gasteiger partial charge in [0.25, 0.3) is 5.91 Å². The van der Waals surface area contributed by atoms with E-state index < -0.39 is 0 Å². The minimum absolute atomic E-state index is 0.0823. The van der Waals surface area contributed by atoms with Gasteiger partial charge in [-0.1, -0.05) is 18.6 Å². The van der Waals surface area contributed by atoms with Gasteiger partial charge in [0, 0.05) is 19.1 Å². The Morgan fingerprint density at radius 3 is 2.90 bits per heavy atom. The van der Waals surface area contributed by atoms with Crippen molar-refractivity contribution >= 4 is 5.91 Å². The van der Waals surface area contributed by atoms with Crippen molar-refractivity contribution in [3.8, 4) is 5.75 Å². The lowest BCUT2D eigenvalue weighted by Crippen LogP contribution is -2.45. The molecule has 0 saturated carbocycles. The second-order valence-corrected chi connectivity index (χ2v) is 5.46. The Balaban J connectivity index is 2.10. The Labute approximate surface area is 120 Å². The molecule has 2 rings (SSSR count). The van der Waals surface area contributed by atoms with Crippen LogP contribution in [0.2, 0.25) is 0 Å². The Kier molecular flexibility index (Phi) is 5.01. The van der Waals surface area contributed by atoms with Crippen LogP contribution in [0.1, 0.15) is 42.1 Å². The molecule has 1 amide bonds. The zero-order chi connectivity index (χ0) is 14.5. The fourth-order valence-electron chi connectivity index (χ4n) is 2.70. The molecule has 0 radical (unpaired) electrons. The van der Waals surface area contributed by atoms with Crippen LogP contribution in [0.3, 0.4) is 0 Å². The van der Waals surface area contributed by atoms with Crippen LogP contribution in [0.25, 0.3) is 0 Å². The van der Waals surface area contributed by atoms with E-state index in [1.165, 1.54) is 12.8 Å². The van der Waals surface area contributed by atoms with Gasteiger partial charge in [0.2, 0.25) is 0 Å². The molecule has 4 heteroatoms. The van der Waals surface area contributed by atoms with Crippen LogP contribution >= 0.6 is 0 Å². The van der Waals surface area contributed by atoms with E-state index in [9.17, 15) is 9.90 Å². The van der Waals surface area contributed by atoms with Crippen LogP contribution < -0.4 is 5.32 Å². The van der Waals surface area contributed by atoms with E-state index in [4.69, 9.17) is 0 Å². The molecule has 0 aliphatic carbocycles. The smallest absolute Gasteiger partial charge is 0.257 e. The molecule has 1 saturated heterocycles. The number of amides is 1. The first kappa shape index (κ1) is 14.9. The zero-order valence-electron chi connectivity index (χ0n) is 12.4. The number of phenols is 1. The summed E-state index contributed by atoms with van der Waals surface area (Å²) < 4.78 is 0. The maximum absolute atomic E-state index is 12.6. The number of para-hydroxylation sites is 1. The lowest BCUT2D eigenvalue weighted by Gasteiger charge is -2.30. The summed E-state index contributed by atoms with van der Waals surface area (Å²) in [7, 11) is 0. The van der Waals surface area contributed by atoms with Gasteiger partial charge >= 0.3 is 0 Å². The minimum atomic E-state index is -0.0823. The topological polar surface area (TPSA) is 52.6 Å². The number of likely N-dealkylation sites (N-methyl/N-ethyl adjacent to an activating group) is 1. The van der Waals surface area contributed by atoms with Crippen molar-refractivity contribution in [2.24, 2.45) is 0 Å². The lowest BCUT2D eigenvalue weighted by atomic mass is 10.0. The summed E-state index contributed by atoms with van der Waals surface area (Å²) in [5.74, 6) is 0.0219. The number of rotatable bonds is 4. The summed E-state index contributed by atoms with van der Waals surface area (Å²) in [5.41, 5.74) is 1.14. The van der Waals surface area contributed by atoms with Gasteiger partial charge in [0.15, 0.2) is 0 Å². The van der Waals surface area contributed by atoms with Crippen molar-refractivity contribution in [2.45, 2.75) is 39.2 Å². The van der Waals surface area contributed by atoms with Gasteiger partial charge in [-0.3, -0.25) is 4.79 Å². The predicted octanol–water partition coefficient (Wildman–Crippen LogP) is 2.30. The highest BCUT2D eigenvalue weighted by atomic mass is 16.3. The summed E-state index contributed by atoms with van der Waals surface area (Å²) in [6, 6.07) is 5.70. The largest absolute Gasteiger partial charge is 0.507 e. The minimum Gasteiger partial charge on any atom is -0.507 e. The maximum atomic E-state index is 12.6. The van der Waals surface area contributed by atoms with E-state index in [0.29, 0.717) is 24.7 Å². The third-order valence-electron chi connectivity index (χ3n) is 3.99. The van der Waals surface area contributed by atoms with E-state index >= 15 is 0 Å². The van der Waals surface area contributed by atoms with Crippen molar-refractivity contribution in [1.29, 1.82) is 0 Å². The molecule has 1 aromatic rings. The maximum Gasteiger partial charge on any atom is 0.257 e. The SMILES string of the molecule is CCN(CC1CCCCN1)C(=O)c1cccc(C)c1O. The Morgan fingerprint density at radius 2 is 2.25 bits per heavy atom. The number of carbonyl (C=O) groups excluding carboxylic acids is 1. The van der Waals surface area contributed by atoms with Crippen molar-refractivity contribution in [3.05, 3.63) is 29.3 Å². The molecule has 4 nitrogen and oxygen atoms in total. The van der Waals surface area contributed by atoms with E-state index in [1.807, 2.05) is 30.9 Å². The molecule has 0 spiro atoms. The number of aryl methyl sites for hydroxylation is 1. The van der Waals surface area contributed by atoms with E-state index in [1.54, 1.807) is 6.07 Å². The van der Waals surface area contributed by atoms with Crippen molar-refractivity contribution in [2.75, 3.05) is 19.6 Å². The van der Waals surface area contributed by atoms with Gasteiger partial charge in [0.05, 0.1) is 5.56 Å². The number of hydrogen-bond acceptors (Lipinski definition) is 3. The number of carbonyl (C=O) groups is 1. The van der Waals surface area contributed by atoms with Gasteiger partial charge in [0.1, 0.15) is 5.75 Å². The third kappa shape index (κ3) is 3.31. The second-order valence-electron chi connectivity index (χ2n) is 5.46. The van der Waals surface area contributed by atoms with E-state index in [-0.39, 0.29) is 11.7 Å². The van der Waals surface area contributed by atoms with Crippen LogP contribution in [-0.2, 0) is 0 Å². The molecule has 0 aromatic heterocycles. The number of nitrogens with zero attached hydrogens (tertiary/aromatic N) is 1. The first-order valence-electron chi connectivity index (χ1n) is 7.44. The van der Waals surface area contributed by atoms with E-state index in [0.717, 1.165) is 18.5 Å². The van der Waals surface area contributed by atoms with Crippen LogP contribution in [-0.4, -0.2) is 41.6 Å². The Bertz CT molecular complexity index is 468. The molecule has 20 heavy (non-hydrogen) atoms. The van der Waals surface area contributed by atoms with Crippen LogP contribution in [0.15, 0.2) is 18.2 Å². The number of hydrogen-bond donors (Lipinski definition) is 2. The van der Waals surface area contributed by atoms with Gasteiger partial charge in [-0.15, -0.1) is 0 Å². The second kappa shape index (κ2) is 6.75. The van der Waals surface area contributed by atoms with Gasteiger partial charge in [-0.25, -0.2) is 0 Å². The zero-order valence-corrected chi connectivity index (χ0v) is 12.4. The van der Waals surface area contributed by atoms with Crippen LogP contribution in [0.4, 0.5) is 0 Å². The molecule has 2 N–H and O–H groups in total. The van der Waals surface area contributed by atoms with Crippen LogP contribution in [0.5, 0.6) is 5.75 Å². The highest BCUT2D eigenvalue weighted by Crippen LogP contribution is 2.23.